The third-order valence-electron chi connectivity index (χ3n) is 3.74. The summed E-state index contributed by atoms with van der Waals surface area (Å²) in [4.78, 5) is 0. The van der Waals surface area contributed by atoms with Gasteiger partial charge >= 0.3 is 0 Å². The van der Waals surface area contributed by atoms with Gasteiger partial charge in [-0.2, -0.15) is 0 Å². The summed E-state index contributed by atoms with van der Waals surface area (Å²) < 4.78 is 0. The van der Waals surface area contributed by atoms with Crippen LogP contribution in [0.15, 0.2) is 0 Å². The maximum Gasteiger partial charge on any atom is 0.0364 e. The number of hydrogen-bond acceptors (Lipinski definition) is 0. The lowest BCUT2D eigenvalue weighted by molar-refractivity contribution is 0.333. The van der Waals surface area contributed by atoms with Crippen LogP contribution in [-0.2, 0) is 0 Å². The number of hydrogen-bond donors (Lipinski definition) is 0. The first-order valence-electron chi connectivity index (χ1n) is 6.98. The fourth-order valence-electron chi connectivity index (χ4n) is 2.67. The van der Waals surface area contributed by atoms with E-state index in [1.807, 2.05) is 0 Å². The van der Waals surface area contributed by atoms with E-state index in [9.17, 15) is 0 Å². The van der Waals surface area contributed by atoms with Crippen molar-refractivity contribution in [2.75, 3.05) is 0 Å². The Morgan fingerprint density at radius 3 is 2.33 bits per heavy atom. The van der Waals surface area contributed by atoms with Gasteiger partial charge in [0.25, 0.3) is 0 Å². The van der Waals surface area contributed by atoms with Gasteiger partial charge in [-0.3, -0.25) is 0 Å². The van der Waals surface area contributed by atoms with Crippen molar-refractivity contribution >= 4 is 11.6 Å². The molecule has 1 aliphatic carbocycles. The molecule has 1 rings (SSSR count). The van der Waals surface area contributed by atoms with Crippen LogP contribution < -0.4 is 0 Å². The molecule has 0 heterocycles. The molecular weight excluding hydrogens is 204 g/mol. The Morgan fingerprint density at radius 2 is 1.67 bits per heavy atom. The summed E-state index contributed by atoms with van der Waals surface area (Å²) in [5.74, 6) is 0.839. The van der Waals surface area contributed by atoms with Crippen molar-refractivity contribution in [1.82, 2.24) is 0 Å². The van der Waals surface area contributed by atoms with Crippen molar-refractivity contribution in [2.24, 2.45) is 5.92 Å². The molecule has 0 N–H and O–H groups in total. The van der Waals surface area contributed by atoms with E-state index in [4.69, 9.17) is 11.6 Å². The lowest BCUT2D eigenvalue weighted by atomic mass is 9.85. The molecule has 1 fully saturated rings. The average molecular weight is 231 g/mol. The van der Waals surface area contributed by atoms with Gasteiger partial charge < -0.3 is 0 Å². The first kappa shape index (κ1) is 13.4. The lowest BCUT2D eigenvalue weighted by Crippen LogP contribution is -2.17. The first-order valence-corrected chi connectivity index (χ1v) is 7.42. The summed E-state index contributed by atoms with van der Waals surface area (Å²) in [6, 6.07) is 0. The molecule has 0 aromatic rings. The highest BCUT2D eigenvalue weighted by molar-refractivity contribution is 6.20. The second-order valence-electron chi connectivity index (χ2n) is 5.12. The van der Waals surface area contributed by atoms with Crippen molar-refractivity contribution in [3.8, 4) is 0 Å². The van der Waals surface area contributed by atoms with Crippen LogP contribution in [0.1, 0.15) is 77.6 Å². The predicted octanol–water partition coefficient (Wildman–Crippen LogP) is 5.53. The minimum absolute atomic E-state index is 0.479. The Bertz CT molecular complexity index is 138. The van der Waals surface area contributed by atoms with E-state index in [0.29, 0.717) is 5.38 Å². The van der Waals surface area contributed by atoms with Crippen molar-refractivity contribution in [3.05, 3.63) is 0 Å². The Balaban J connectivity index is 1.99. The molecule has 1 saturated carbocycles. The van der Waals surface area contributed by atoms with Gasteiger partial charge in [-0.1, -0.05) is 58.3 Å². The second-order valence-corrected chi connectivity index (χ2v) is 5.68. The molecule has 0 amide bonds. The van der Waals surface area contributed by atoms with Crippen LogP contribution in [0.3, 0.4) is 0 Å². The second kappa shape index (κ2) is 8.44. The Kier molecular flexibility index (Phi) is 7.52. The third-order valence-corrected chi connectivity index (χ3v) is 4.32. The normalized spacial score (nSPS) is 20.4. The van der Waals surface area contributed by atoms with Gasteiger partial charge in [0.15, 0.2) is 0 Å². The van der Waals surface area contributed by atoms with Gasteiger partial charge in [-0.15, -0.1) is 11.6 Å². The van der Waals surface area contributed by atoms with E-state index in [2.05, 4.69) is 6.92 Å². The molecule has 0 aliphatic heterocycles. The molecule has 0 aromatic heterocycles. The minimum atomic E-state index is 0.479. The molecule has 1 aliphatic rings. The summed E-state index contributed by atoms with van der Waals surface area (Å²) in [6.45, 7) is 2.27. The van der Waals surface area contributed by atoms with E-state index >= 15 is 0 Å². The van der Waals surface area contributed by atoms with Gasteiger partial charge in [-0.25, -0.2) is 0 Å². The molecule has 0 saturated heterocycles. The maximum absolute atomic E-state index is 6.47. The molecule has 1 atom stereocenters. The van der Waals surface area contributed by atoms with Gasteiger partial charge in [0, 0.05) is 5.38 Å². The van der Waals surface area contributed by atoms with E-state index < -0.39 is 0 Å². The highest BCUT2D eigenvalue weighted by atomic mass is 35.5. The van der Waals surface area contributed by atoms with Crippen LogP contribution in [0.5, 0.6) is 0 Å². The zero-order chi connectivity index (χ0) is 10.9. The number of halogens is 1. The Morgan fingerprint density at radius 1 is 1.00 bits per heavy atom. The standard InChI is InChI=1S/C14H27Cl/c1-2-3-4-5-9-12-14(15)13-10-7-6-8-11-13/h13-14H,2-12H2,1H3. The fourth-order valence-corrected chi connectivity index (χ4v) is 3.08. The zero-order valence-corrected chi connectivity index (χ0v) is 11.1. The largest absolute Gasteiger partial charge is 0.123 e. The summed E-state index contributed by atoms with van der Waals surface area (Å²) in [6.07, 6.45) is 15.2. The van der Waals surface area contributed by atoms with Gasteiger partial charge in [0.1, 0.15) is 0 Å². The van der Waals surface area contributed by atoms with E-state index in [-0.39, 0.29) is 0 Å². The molecule has 0 spiro atoms. The summed E-state index contributed by atoms with van der Waals surface area (Å²) in [5.41, 5.74) is 0. The third kappa shape index (κ3) is 5.80. The van der Waals surface area contributed by atoms with Gasteiger partial charge in [-0.05, 0) is 25.2 Å². The highest BCUT2D eigenvalue weighted by Crippen LogP contribution is 2.31. The molecule has 0 nitrogen and oxygen atoms in total. The Hall–Kier alpha value is 0.290. The topological polar surface area (TPSA) is 0 Å². The molecule has 15 heavy (non-hydrogen) atoms. The monoisotopic (exact) mass is 230 g/mol. The Labute approximate surface area is 101 Å². The molecule has 0 radical (unpaired) electrons. The maximum atomic E-state index is 6.47. The van der Waals surface area contributed by atoms with Crippen molar-refractivity contribution < 1.29 is 0 Å². The predicted molar refractivity (Wildman–Crippen MR) is 69.6 cm³/mol. The summed E-state index contributed by atoms with van der Waals surface area (Å²) in [5, 5.41) is 0.479. The number of alkyl halides is 1. The van der Waals surface area contributed by atoms with Gasteiger partial charge in [0.2, 0.25) is 0 Å². The minimum Gasteiger partial charge on any atom is -0.123 e. The summed E-state index contributed by atoms with van der Waals surface area (Å²) >= 11 is 6.47. The average Bonchev–Trinajstić information content (AvgIpc) is 2.30. The number of rotatable bonds is 7. The molecular formula is C14H27Cl. The van der Waals surface area contributed by atoms with Crippen LogP contribution in [0.4, 0.5) is 0 Å². The van der Waals surface area contributed by atoms with E-state index in [1.165, 1.54) is 70.6 Å². The van der Waals surface area contributed by atoms with E-state index in [0.717, 1.165) is 5.92 Å². The van der Waals surface area contributed by atoms with Crippen LogP contribution in [0, 0.1) is 5.92 Å². The number of unbranched alkanes of at least 4 members (excludes halogenated alkanes) is 4. The molecule has 0 bridgehead atoms. The van der Waals surface area contributed by atoms with Crippen LogP contribution in [0.2, 0.25) is 0 Å². The van der Waals surface area contributed by atoms with Crippen LogP contribution in [0.25, 0.3) is 0 Å². The quantitative estimate of drug-likeness (QED) is 0.398. The van der Waals surface area contributed by atoms with Crippen LogP contribution >= 0.6 is 11.6 Å². The van der Waals surface area contributed by atoms with Crippen molar-refractivity contribution in [3.63, 3.8) is 0 Å². The first-order chi connectivity index (χ1) is 7.34. The SMILES string of the molecule is CCCCCCCC(Cl)C1CCCCC1. The van der Waals surface area contributed by atoms with E-state index in [1.54, 1.807) is 0 Å². The fraction of sp³-hybridized carbons (Fsp3) is 1.00. The summed E-state index contributed by atoms with van der Waals surface area (Å²) in [7, 11) is 0. The molecule has 0 aromatic carbocycles. The smallest absolute Gasteiger partial charge is 0.0364 e. The highest BCUT2D eigenvalue weighted by Gasteiger charge is 2.20. The molecule has 90 valence electrons. The zero-order valence-electron chi connectivity index (χ0n) is 10.3. The molecule has 1 unspecified atom stereocenters. The lowest BCUT2D eigenvalue weighted by Gasteiger charge is -2.26. The van der Waals surface area contributed by atoms with Crippen molar-refractivity contribution in [2.45, 2.75) is 82.9 Å². The molecule has 1 heteroatoms. The van der Waals surface area contributed by atoms with Crippen molar-refractivity contribution in [1.29, 1.82) is 0 Å². The van der Waals surface area contributed by atoms with Gasteiger partial charge in [0.05, 0.1) is 0 Å². The van der Waals surface area contributed by atoms with Crippen LogP contribution in [-0.4, -0.2) is 5.38 Å².